The molecule has 10 heteroatoms. The number of aryl methyl sites for hydroxylation is 1. The van der Waals surface area contributed by atoms with Crippen molar-refractivity contribution in [1.82, 2.24) is 24.2 Å². The molecule has 10 nitrogen and oxygen atoms in total. The van der Waals surface area contributed by atoms with E-state index in [1.54, 1.807) is 7.05 Å². The van der Waals surface area contributed by atoms with Crippen LogP contribution in [0, 0.1) is 18.3 Å². The van der Waals surface area contributed by atoms with Crippen LogP contribution < -0.4 is 16.1 Å². The van der Waals surface area contributed by atoms with E-state index in [1.165, 1.54) is 11.6 Å². The number of nitrogens with zero attached hydrogens (tertiary/aromatic N) is 7. The lowest BCUT2D eigenvalue weighted by Gasteiger charge is -2.38. The molecule has 1 unspecified atom stereocenters. The van der Waals surface area contributed by atoms with Crippen molar-refractivity contribution in [3.8, 4) is 17.5 Å². The van der Waals surface area contributed by atoms with Crippen LogP contribution in [0.4, 0.5) is 5.82 Å². The Morgan fingerprint density at radius 2 is 1.72 bits per heavy atom. The minimum Gasteiger partial charge on any atom is -0.354 e. The number of piperazine rings is 1. The topological polar surface area (TPSA) is 113 Å². The lowest BCUT2D eigenvalue weighted by atomic mass is 10.1. The van der Waals surface area contributed by atoms with Crippen LogP contribution in [0.25, 0.3) is 11.4 Å². The Hall–Kier alpha value is -3.71. The highest BCUT2D eigenvalue weighted by atomic mass is 16.5. The molecule has 1 atom stereocenters. The van der Waals surface area contributed by atoms with Crippen LogP contribution in [-0.4, -0.2) is 50.4 Å². The summed E-state index contributed by atoms with van der Waals surface area (Å²) in [6, 6.07) is 9.83. The van der Waals surface area contributed by atoms with Gasteiger partial charge in [0.05, 0.1) is 6.04 Å². The standard InChI is InChI=1S/C22H25N7O3/c1-14-5-7-16(8-6-14)18-24-19(32-25-18)15(2)28-9-11-29(12-10-28)20-17(13-23)21(30)27(4)22(31)26(20)3/h5-8,15H,9-12H2,1-4H3. The molecule has 4 rings (SSSR count). The maximum Gasteiger partial charge on any atom is 0.332 e. The Kier molecular flexibility index (Phi) is 5.67. The molecule has 2 aromatic heterocycles. The summed E-state index contributed by atoms with van der Waals surface area (Å²) in [5, 5.41) is 13.6. The molecule has 0 amide bonds. The number of aromatic nitrogens is 4. The predicted molar refractivity (Wildman–Crippen MR) is 118 cm³/mol. The van der Waals surface area contributed by atoms with Gasteiger partial charge in [0, 0.05) is 45.8 Å². The first-order chi connectivity index (χ1) is 15.3. The first-order valence-electron chi connectivity index (χ1n) is 10.4. The first-order valence-corrected chi connectivity index (χ1v) is 10.4. The van der Waals surface area contributed by atoms with Crippen LogP contribution in [0.1, 0.15) is 30.0 Å². The molecule has 1 aliphatic heterocycles. The molecule has 0 spiro atoms. The number of hydrogen-bond acceptors (Lipinski definition) is 8. The third-order valence-electron chi connectivity index (χ3n) is 6.02. The fourth-order valence-electron chi connectivity index (χ4n) is 4.00. The number of nitriles is 1. The van der Waals surface area contributed by atoms with E-state index in [0.717, 1.165) is 15.7 Å². The molecule has 3 heterocycles. The molecule has 1 aromatic carbocycles. The third kappa shape index (κ3) is 3.71. The molecule has 1 saturated heterocycles. The second-order valence-corrected chi connectivity index (χ2v) is 8.04. The highest BCUT2D eigenvalue weighted by molar-refractivity contribution is 5.55. The van der Waals surface area contributed by atoms with Crippen molar-refractivity contribution in [1.29, 1.82) is 5.26 Å². The van der Waals surface area contributed by atoms with E-state index >= 15 is 0 Å². The van der Waals surface area contributed by atoms with Crippen molar-refractivity contribution in [3.05, 3.63) is 62.1 Å². The van der Waals surface area contributed by atoms with Gasteiger partial charge in [-0.2, -0.15) is 10.2 Å². The van der Waals surface area contributed by atoms with E-state index in [1.807, 2.05) is 49.1 Å². The van der Waals surface area contributed by atoms with Gasteiger partial charge in [-0.05, 0) is 13.8 Å². The van der Waals surface area contributed by atoms with Gasteiger partial charge in [0.1, 0.15) is 11.9 Å². The van der Waals surface area contributed by atoms with E-state index in [9.17, 15) is 14.9 Å². The van der Waals surface area contributed by atoms with E-state index in [-0.39, 0.29) is 11.6 Å². The van der Waals surface area contributed by atoms with Crippen LogP contribution in [0.15, 0.2) is 38.4 Å². The van der Waals surface area contributed by atoms with Crippen molar-refractivity contribution in [2.75, 3.05) is 31.1 Å². The lowest BCUT2D eigenvalue weighted by Crippen LogP contribution is -2.50. The van der Waals surface area contributed by atoms with Crippen molar-refractivity contribution in [3.63, 3.8) is 0 Å². The maximum absolute atomic E-state index is 12.4. The molecule has 1 fully saturated rings. The Morgan fingerprint density at radius 3 is 2.34 bits per heavy atom. The summed E-state index contributed by atoms with van der Waals surface area (Å²) < 4.78 is 7.85. The van der Waals surface area contributed by atoms with Gasteiger partial charge in [-0.15, -0.1) is 0 Å². The second kappa shape index (κ2) is 8.43. The Labute approximate surface area is 184 Å². The predicted octanol–water partition coefficient (Wildman–Crippen LogP) is 1.20. The van der Waals surface area contributed by atoms with Gasteiger partial charge in [0.15, 0.2) is 5.56 Å². The lowest BCUT2D eigenvalue weighted by molar-refractivity contribution is 0.163. The quantitative estimate of drug-likeness (QED) is 0.601. The van der Waals surface area contributed by atoms with Crippen LogP contribution in [0.2, 0.25) is 0 Å². The molecule has 0 bridgehead atoms. The van der Waals surface area contributed by atoms with Crippen LogP contribution >= 0.6 is 0 Å². The van der Waals surface area contributed by atoms with E-state index in [4.69, 9.17) is 4.52 Å². The Morgan fingerprint density at radius 1 is 1.06 bits per heavy atom. The van der Waals surface area contributed by atoms with Crippen molar-refractivity contribution < 1.29 is 4.52 Å². The SMILES string of the molecule is Cc1ccc(-c2noc(C(C)N3CCN(c4c(C#N)c(=O)n(C)c(=O)n4C)CC3)n2)cc1. The van der Waals surface area contributed by atoms with Crippen LogP contribution in [-0.2, 0) is 14.1 Å². The monoisotopic (exact) mass is 435 g/mol. The first kappa shape index (κ1) is 21.5. The Bertz CT molecular complexity index is 1290. The zero-order valence-corrected chi connectivity index (χ0v) is 18.6. The third-order valence-corrected chi connectivity index (χ3v) is 6.02. The summed E-state index contributed by atoms with van der Waals surface area (Å²) in [5.41, 5.74) is 1.02. The molecule has 166 valence electrons. The summed E-state index contributed by atoms with van der Waals surface area (Å²) in [6.45, 7) is 6.45. The van der Waals surface area contributed by atoms with Crippen molar-refractivity contribution in [2.24, 2.45) is 14.1 Å². The van der Waals surface area contributed by atoms with Crippen molar-refractivity contribution >= 4 is 5.82 Å². The zero-order chi connectivity index (χ0) is 23.0. The molecule has 1 aliphatic rings. The largest absolute Gasteiger partial charge is 0.354 e. The number of hydrogen-bond donors (Lipinski definition) is 0. The van der Waals surface area contributed by atoms with Crippen LogP contribution in [0.3, 0.4) is 0 Å². The van der Waals surface area contributed by atoms with Gasteiger partial charge >= 0.3 is 5.69 Å². The molecule has 0 saturated carbocycles. The molecular weight excluding hydrogens is 410 g/mol. The number of rotatable bonds is 4. The fourth-order valence-corrected chi connectivity index (χ4v) is 4.00. The van der Waals surface area contributed by atoms with Gasteiger partial charge in [0.25, 0.3) is 5.56 Å². The second-order valence-electron chi connectivity index (χ2n) is 8.04. The normalized spacial score (nSPS) is 15.5. The van der Waals surface area contributed by atoms with E-state index in [2.05, 4.69) is 15.0 Å². The molecule has 0 radical (unpaired) electrons. The number of benzene rings is 1. The highest BCUT2D eigenvalue weighted by Gasteiger charge is 2.29. The fraction of sp³-hybridized carbons (Fsp3) is 0.409. The average molecular weight is 435 g/mol. The smallest absolute Gasteiger partial charge is 0.332 e. The van der Waals surface area contributed by atoms with Crippen LogP contribution in [0.5, 0.6) is 0 Å². The summed E-state index contributed by atoms with van der Waals surface area (Å²) in [4.78, 5) is 33.4. The average Bonchev–Trinajstić information content (AvgIpc) is 3.30. The minimum absolute atomic E-state index is 0.0178. The highest BCUT2D eigenvalue weighted by Crippen LogP contribution is 2.25. The minimum atomic E-state index is -0.573. The maximum atomic E-state index is 12.4. The van der Waals surface area contributed by atoms with Gasteiger partial charge < -0.3 is 9.42 Å². The summed E-state index contributed by atoms with van der Waals surface area (Å²) in [7, 11) is 2.96. The van der Waals surface area contributed by atoms with Gasteiger partial charge in [-0.3, -0.25) is 18.8 Å². The van der Waals surface area contributed by atoms with Crippen molar-refractivity contribution in [2.45, 2.75) is 19.9 Å². The Balaban J connectivity index is 1.50. The molecule has 0 N–H and O–H groups in total. The van der Waals surface area contributed by atoms with Gasteiger partial charge in [-0.25, -0.2) is 4.79 Å². The van der Waals surface area contributed by atoms with E-state index < -0.39 is 11.2 Å². The zero-order valence-electron chi connectivity index (χ0n) is 18.6. The van der Waals surface area contributed by atoms with E-state index in [0.29, 0.717) is 43.7 Å². The molecule has 3 aromatic rings. The summed E-state index contributed by atoms with van der Waals surface area (Å²) in [5.74, 6) is 1.46. The summed E-state index contributed by atoms with van der Waals surface area (Å²) in [6.07, 6.45) is 0. The van der Waals surface area contributed by atoms with Gasteiger partial charge in [-0.1, -0.05) is 35.0 Å². The summed E-state index contributed by atoms with van der Waals surface area (Å²) >= 11 is 0. The molecule has 0 aliphatic carbocycles. The molecular formula is C22H25N7O3. The molecule has 32 heavy (non-hydrogen) atoms. The number of anilines is 1. The van der Waals surface area contributed by atoms with Gasteiger partial charge in [0.2, 0.25) is 11.7 Å².